The Labute approximate surface area is 121 Å². The van der Waals surface area contributed by atoms with Crippen LogP contribution in [0, 0.1) is 0 Å². The fourth-order valence-corrected chi connectivity index (χ4v) is 2.21. The quantitative estimate of drug-likeness (QED) is 0.788. The Kier molecular flexibility index (Phi) is 5.30. The van der Waals surface area contributed by atoms with E-state index in [0.29, 0.717) is 0 Å². The second-order valence-corrected chi connectivity index (χ2v) is 4.93. The second-order valence-electron chi connectivity index (χ2n) is 4.93. The van der Waals surface area contributed by atoms with Gasteiger partial charge in [0.05, 0.1) is 17.1 Å². The van der Waals surface area contributed by atoms with Crippen LogP contribution in [0.15, 0.2) is 24.4 Å². The van der Waals surface area contributed by atoms with Crippen LogP contribution in [0.4, 0.5) is 0 Å². The second kappa shape index (κ2) is 7.20. The molecule has 0 aliphatic carbocycles. The van der Waals surface area contributed by atoms with Crippen molar-refractivity contribution in [1.82, 2.24) is 20.1 Å². The third-order valence-corrected chi connectivity index (χ3v) is 3.34. The van der Waals surface area contributed by atoms with Crippen LogP contribution >= 0.6 is 0 Å². The van der Waals surface area contributed by atoms with Gasteiger partial charge in [-0.25, -0.2) is 4.68 Å². The van der Waals surface area contributed by atoms with Gasteiger partial charge >= 0.3 is 0 Å². The Morgan fingerprint density at radius 3 is 2.65 bits per heavy atom. The average molecular weight is 272 g/mol. The van der Waals surface area contributed by atoms with Gasteiger partial charge in [-0.2, -0.15) is 5.10 Å². The molecule has 0 saturated heterocycles. The largest absolute Gasteiger partial charge is 0.311 e. The molecule has 2 aromatic heterocycles. The maximum atomic E-state index is 4.68. The summed E-state index contributed by atoms with van der Waals surface area (Å²) in [5.74, 6) is 0. The number of hydrogen-bond donors (Lipinski definition) is 1. The van der Waals surface area contributed by atoms with Crippen LogP contribution in [-0.2, 0) is 19.4 Å². The molecule has 108 valence electrons. The SMILES string of the molecule is CCCNCc1cc(-n2nc(CC)cc2CC)ccn1. The predicted octanol–water partition coefficient (Wildman–Crippen LogP) is 2.89. The molecule has 2 rings (SSSR count). The average Bonchev–Trinajstić information content (AvgIpc) is 2.91. The minimum atomic E-state index is 0.811. The number of rotatable bonds is 7. The first-order valence-corrected chi connectivity index (χ1v) is 7.52. The van der Waals surface area contributed by atoms with Crippen LogP contribution in [0.25, 0.3) is 5.69 Å². The highest BCUT2D eigenvalue weighted by molar-refractivity contribution is 5.34. The van der Waals surface area contributed by atoms with E-state index in [1.54, 1.807) is 0 Å². The summed E-state index contributed by atoms with van der Waals surface area (Å²) in [6.45, 7) is 8.30. The first-order valence-electron chi connectivity index (χ1n) is 7.52. The van der Waals surface area contributed by atoms with E-state index in [2.05, 4.69) is 48.3 Å². The number of nitrogens with one attached hydrogen (secondary N) is 1. The molecule has 0 aliphatic heterocycles. The van der Waals surface area contributed by atoms with Gasteiger partial charge in [0.15, 0.2) is 0 Å². The van der Waals surface area contributed by atoms with E-state index in [1.165, 1.54) is 5.69 Å². The van der Waals surface area contributed by atoms with Gasteiger partial charge in [0.1, 0.15) is 0 Å². The minimum Gasteiger partial charge on any atom is -0.311 e. The zero-order valence-electron chi connectivity index (χ0n) is 12.7. The number of nitrogens with zero attached hydrogens (tertiary/aromatic N) is 3. The van der Waals surface area contributed by atoms with Crippen LogP contribution in [-0.4, -0.2) is 21.3 Å². The standard InChI is InChI=1S/C16H24N4/c1-4-8-17-12-14-11-16(7-9-18-14)20-15(6-3)10-13(5-2)19-20/h7,9-11,17H,4-6,8,12H2,1-3H3. The van der Waals surface area contributed by atoms with Crippen molar-refractivity contribution in [3.05, 3.63) is 41.5 Å². The van der Waals surface area contributed by atoms with Crippen molar-refractivity contribution in [2.45, 2.75) is 46.6 Å². The van der Waals surface area contributed by atoms with E-state index in [1.807, 2.05) is 16.9 Å². The highest BCUT2D eigenvalue weighted by Crippen LogP contribution is 2.14. The third kappa shape index (κ3) is 3.45. The predicted molar refractivity (Wildman–Crippen MR) is 82.1 cm³/mol. The lowest BCUT2D eigenvalue weighted by atomic mass is 10.2. The Morgan fingerprint density at radius 2 is 1.95 bits per heavy atom. The van der Waals surface area contributed by atoms with Gasteiger partial charge in [0.2, 0.25) is 0 Å². The van der Waals surface area contributed by atoms with E-state index >= 15 is 0 Å². The van der Waals surface area contributed by atoms with Crippen LogP contribution in [0.2, 0.25) is 0 Å². The van der Waals surface area contributed by atoms with Crippen LogP contribution < -0.4 is 5.32 Å². The lowest BCUT2D eigenvalue weighted by Crippen LogP contribution is -2.15. The van der Waals surface area contributed by atoms with Crippen molar-refractivity contribution in [3.63, 3.8) is 0 Å². The van der Waals surface area contributed by atoms with Gasteiger partial charge in [0.25, 0.3) is 0 Å². The Morgan fingerprint density at radius 1 is 1.10 bits per heavy atom. The van der Waals surface area contributed by atoms with Gasteiger partial charge in [-0.15, -0.1) is 0 Å². The van der Waals surface area contributed by atoms with E-state index < -0.39 is 0 Å². The molecular weight excluding hydrogens is 248 g/mol. The molecule has 20 heavy (non-hydrogen) atoms. The molecule has 0 bridgehead atoms. The van der Waals surface area contributed by atoms with E-state index in [4.69, 9.17) is 0 Å². The molecule has 0 saturated carbocycles. The Bertz CT molecular complexity index is 545. The minimum absolute atomic E-state index is 0.811. The van der Waals surface area contributed by atoms with Crippen molar-refractivity contribution in [2.75, 3.05) is 6.54 Å². The number of aromatic nitrogens is 3. The van der Waals surface area contributed by atoms with Crippen molar-refractivity contribution in [1.29, 1.82) is 0 Å². The number of aryl methyl sites for hydroxylation is 2. The first kappa shape index (κ1) is 14.7. The lowest BCUT2D eigenvalue weighted by Gasteiger charge is -2.08. The summed E-state index contributed by atoms with van der Waals surface area (Å²) in [6.07, 6.45) is 4.96. The molecule has 4 nitrogen and oxygen atoms in total. The summed E-state index contributed by atoms with van der Waals surface area (Å²) in [7, 11) is 0. The van der Waals surface area contributed by atoms with Gasteiger partial charge in [-0.3, -0.25) is 4.98 Å². The normalized spacial score (nSPS) is 10.9. The summed E-state index contributed by atoms with van der Waals surface area (Å²) in [5.41, 5.74) is 4.56. The zero-order chi connectivity index (χ0) is 14.4. The Balaban J connectivity index is 2.23. The fraction of sp³-hybridized carbons (Fsp3) is 0.500. The van der Waals surface area contributed by atoms with Crippen molar-refractivity contribution < 1.29 is 0 Å². The van der Waals surface area contributed by atoms with Gasteiger partial charge in [-0.1, -0.05) is 20.8 Å². The molecule has 1 N–H and O–H groups in total. The summed E-state index contributed by atoms with van der Waals surface area (Å²) in [6, 6.07) is 6.33. The maximum Gasteiger partial charge on any atom is 0.0682 e. The van der Waals surface area contributed by atoms with E-state index in [9.17, 15) is 0 Å². The number of hydrogen-bond acceptors (Lipinski definition) is 3. The maximum absolute atomic E-state index is 4.68. The van der Waals surface area contributed by atoms with Gasteiger partial charge in [-0.05, 0) is 44.0 Å². The molecular formula is C16H24N4. The molecule has 0 atom stereocenters. The molecule has 0 aromatic carbocycles. The summed E-state index contributed by atoms with van der Waals surface area (Å²) in [4.78, 5) is 4.42. The molecule has 0 radical (unpaired) electrons. The van der Waals surface area contributed by atoms with Gasteiger partial charge < -0.3 is 5.32 Å². The molecule has 2 heterocycles. The van der Waals surface area contributed by atoms with Crippen molar-refractivity contribution >= 4 is 0 Å². The molecule has 0 unspecified atom stereocenters. The molecule has 0 fully saturated rings. The first-order chi connectivity index (χ1) is 9.78. The summed E-state index contributed by atoms with van der Waals surface area (Å²) >= 11 is 0. The Hall–Kier alpha value is -1.68. The van der Waals surface area contributed by atoms with E-state index in [-0.39, 0.29) is 0 Å². The molecule has 0 spiro atoms. The van der Waals surface area contributed by atoms with Crippen molar-refractivity contribution in [2.24, 2.45) is 0 Å². The number of pyridine rings is 1. The van der Waals surface area contributed by atoms with E-state index in [0.717, 1.165) is 49.4 Å². The topological polar surface area (TPSA) is 42.7 Å². The van der Waals surface area contributed by atoms with Crippen LogP contribution in [0.3, 0.4) is 0 Å². The lowest BCUT2D eigenvalue weighted by molar-refractivity contribution is 0.663. The third-order valence-electron chi connectivity index (χ3n) is 3.34. The molecule has 0 amide bonds. The molecule has 0 aliphatic rings. The van der Waals surface area contributed by atoms with Gasteiger partial charge in [0, 0.05) is 18.4 Å². The summed E-state index contributed by atoms with van der Waals surface area (Å²) < 4.78 is 2.05. The summed E-state index contributed by atoms with van der Waals surface area (Å²) in [5, 5.41) is 8.06. The zero-order valence-corrected chi connectivity index (χ0v) is 12.7. The van der Waals surface area contributed by atoms with Crippen LogP contribution in [0.1, 0.15) is 44.3 Å². The highest BCUT2D eigenvalue weighted by atomic mass is 15.3. The van der Waals surface area contributed by atoms with Crippen molar-refractivity contribution in [3.8, 4) is 5.69 Å². The smallest absolute Gasteiger partial charge is 0.0682 e. The van der Waals surface area contributed by atoms with Crippen LogP contribution in [0.5, 0.6) is 0 Å². The highest BCUT2D eigenvalue weighted by Gasteiger charge is 2.08. The monoisotopic (exact) mass is 272 g/mol. The molecule has 4 heteroatoms. The fourth-order valence-electron chi connectivity index (χ4n) is 2.21. The molecule has 2 aromatic rings.